The molecule has 0 bridgehead atoms. The highest BCUT2D eigenvalue weighted by atomic mass is 35.5. The van der Waals surface area contributed by atoms with Crippen LogP contribution in [0.5, 0.6) is 0 Å². The third kappa shape index (κ3) is 8.19. The number of nitrogens with one attached hydrogen (secondary N) is 2. The average molecular weight is 508 g/mol. The number of urea groups is 1. The molecule has 8 heteroatoms. The molecule has 34 heavy (non-hydrogen) atoms. The van der Waals surface area contributed by atoms with Gasteiger partial charge in [-0.15, -0.1) is 0 Å². The second-order valence-electron chi connectivity index (χ2n) is 9.54. The number of aliphatic hydroxyl groups excluding tert-OH is 1. The lowest BCUT2D eigenvalue weighted by molar-refractivity contribution is -0.128. The van der Waals surface area contributed by atoms with Crippen molar-refractivity contribution in [3.8, 4) is 0 Å². The minimum Gasteiger partial charge on any atom is -0.387 e. The fraction of sp³-hybridized carbons (Fsp3) is 0.462. The number of rotatable bonds is 9. The molecule has 0 spiro atoms. The topological polar surface area (TPSA) is 81.7 Å². The summed E-state index contributed by atoms with van der Waals surface area (Å²) in [6.07, 6.45) is 0.796. The van der Waals surface area contributed by atoms with Gasteiger partial charge in [0.05, 0.1) is 22.7 Å². The van der Waals surface area contributed by atoms with Crippen LogP contribution in [0.25, 0.3) is 0 Å². The normalized spacial score (nSPS) is 13.2. The first-order chi connectivity index (χ1) is 15.9. The van der Waals surface area contributed by atoms with E-state index in [1.54, 1.807) is 35.2 Å². The molecule has 2 atom stereocenters. The van der Waals surface area contributed by atoms with Gasteiger partial charge in [-0.2, -0.15) is 0 Å². The van der Waals surface area contributed by atoms with Crippen LogP contribution in [0, 0.1) is 5.41 Å². The number of benzene rings is 2. The van der Waals surface area contributed by atoms with Gasteiger partial charge in [-0.3, -0.25) is 4.79 Å². The molecule has 186 valence electrons. The Labute approximate surface area is 212 Å². The molecule has 0 saturated heterocycles. The van der Waals surface area contributed by atoms with Gasteiger partial charge in [-0.05, 0) is 48.7 Å². The molecule has 0 aromatic heterocycles. The Morgan fingerprint density at radius 1 is 1.06 bits per heavy atom. The molecule has 0 heterocycles. The molecule has 2 aromatic carbocycles. The Kier molecular flexibility index (Phi) is 10.2. The highest BCUT2D eigenvalue weighted by Gasteiger charge is 2.24. The van der Waals surface area contributed by atoms with Crippen LogP contribution in [0.2, 0.25) is 10.0 Å². The highest BCUT2D eigenvalue weighted by molar-refractivity contribution is 6.42. The van der Waals surface area contributed by atoms with Crippen molar-refractivity contribution < 1.29 is 14.7 Å². The lowest BCUT2D eigenvalue weighted by Crippen LogP contribution is -2.43. The van der Waals surface area contributed by atoms with E-state index in [9.17, 15) is 14.7 Å². The van der Waals surface area contributed by atoms with Gasteiger partial charge in [0.25, 0.3) is 0 Å². The molecule has 2 aromatic rings. The summed E-state index contributed by atoms with van der Waals surface area (Å²) in [4.78, 5) is 26.8. The van der Waals surface area contributed by atoms with Gasteiger partial charge in [0.1, 0.15) is 0 Å². The maximum absolute atomic E-state index is 13.1. The van der Waals surface area contributed by atoms with Crippen LogP contribution in [0.15, 0.2) is 42.5 Å². The van der Waals surface area contributed by atoms with Crippen LogP contribution in [-0.4, -0.2) is 34.5 Å². The second-order valence-corrected chi connectivity index (χ2v) is 10.4. The summed E-state index contributed by atoms with van der Waals surface area (Å²) in [5.41, 5.74) is 1.71. The SMILES string of the molecule is CCC[C@@H](C)N(C[C@@H](O)c1ccc(Cl)c(Cl)c1)C(=O)Nc1ccc(CNC(=O)C(C)(C)C)cc1. The number of carbonyl (C=O) groups excluding carboxylic acids is 2. The molecule has 0 saturated carbocycles. The van der Waals surface area contributed by atoms with Gasteiger partial charge in [-0.25, -0.2) is 4.79 Å². The summed E-state index contributed by atoms with van der Waals surface area (Å²) in [7, 11) is 0. The van der Waals surface area contributed by atoms with Crippen molar-refractivity contribution in [1.82, 2.24) is 10.2 Å². The number of anilines is 1. The monoisotopic (exact) mass is 507 g/mol. The van der Waals surface area contributed by atoms with Crippen LogP contribution >= 0.6 is 23.2 Å². The predicted octanol–water partition coefficient (Wildman–Crippen LogP) is 6.41. The maximum Gasteiger partial charge on any atom is 0.322 e. The number of aliphatic hydroxyl groups is 1. The Morgan fingerprint density at radius 3 is 2.26 bits per heavy atom. The first-order valence-electron chi connectivity index (χ1n) is 11.5. The van der Waals surface area contributed by atoms with Crippen molar-refractivity contribution in [3.05, 3.63) is 63.6 Å². The molecule has 3 amide bonds. The molecular weight excluding hydrogens is 473 g/mol. The van der Waals surface area contributed by atoms with E-state index in [0.717, 1.165) is 18.4 Å². The van der Waals surface area contributed by atoms with E-state index in [-0.39, 0.29) is 24.5 Å². The molecule has 2 rings (SSSR count). The second kappa shape index (κ2) is 12.4. The van der Waals surface area contributed by atoms with Gasteiger partial charge in [0.2, 0.25) is 5.91 Å². The molecule has 0 radical (unpaired) electrons. The fourth-order valence-corrected chi connectivity index (χ4v) is 3.70. The molecule has 0 aliphatic carbocycles. The summed E-state index contributed by atoms with van der Waals surface area (Å²) >= 11 is 12.1. The van der Waals surface area contributed by atoms with Gasteiger partial charge in [0.15, 0.2) is 0 Å². The first-order valence-corrected chi connectivity index (χ1v) is 12.3. The standard InChI is InChI=1S/C26H35Cl2N3O3/c1-6-7-17(2)31(16-23(32)19-10-13-21(27)22(28)14-19)25(34)30-20-11-8-18(9-12-20)15-29-24(33)26(3,4)5/h8-14,17,23,32H,6-7,15-16H2,1-5H3,(H,29,33)(H,30,34)/t17-,23-/m1/s1. The number of amides is 3. The van der Waals surface area contributed by atoms with Crippen molar-refractivity contribution in [3.63, 3.8) is 0 Å². The number of nitrogens with zero attached hydrogens (tertiary/aromatic N) is 1. The Balaban J connectivity index is 2.07. The predicted molar refractivity (Wildman–Crippen MR) is 139 cm³/mol. The van der Waals surface area contributed by atoms with E-state index in [1.807, 2.05) is 39.8 Å². The Morgan fingerprint density at radius 2 is 1.71 bits per heavy atom. The zero-order valence-electron chi connectivity index (χ0n) is 20.5. The van der Waals surface area contributed by atoms with Crippen LogP contribution in [-0.2, 0) is 11.3 Å². The van der Waals surface area contributed by atoms with Crippen molar-refractivity contribution in [2.75, 3.05) is 11.9 Å². The van der Waals surface area contributed by atoms with E-state index >= 15 is 0 Å². The summed E-state index contributed by atoms with van der Waals surface area (Å²) in [6.45, 7) is 10.1. The Bertz CT molecular complexity index is 974. The summed E-state index contributed by atoms with van der Waals surface area (Å²) in [5, 5.41) is 17.4. The van der Waals surface area contributed by atoms with E-state index in [2.05, 4.69) is 17.6 Å². The molecule has 3 N–H and O–H groups in total. The van der Waals surface area contributed by atoms with E-state index < -0.39 is 11.5 Å². The van der Waals surface area contributed by atoms with Crippen molar-refractivity contribution in [1.29, 1.82) is 0 Å². The zero-order valence-corrected chi connectivity index (χ0v) is 22.0. The third-order valence-electron chi connectivity index (χ3n) is 5.54. The lowest BCUT2D eigenvalue weighted by atomic mass is 9.95. The summed E-state index contributed by atoms with van der Waals surface area (Å²) < 4.78 is 0. The van der Waals surface area contributed by atoms with E-state index in [4.69, 9.17) is 23.2 Å². The van der Waals surface area contributed by atoms with E-state index in [0.29, 0.717) is 27.8 Å². The Hall–Kier alpha value is -2.28. The van der Waals surface area contributed by atoms with Crippen LogP contribution in [0.1, 0.15) is 64.7 Å². The van der Waals surface area contributed by atoms with Gasteiger partial charge in [0, 0.05) is 23.7 Å². The first kappa shape index (κ1) is 28.0. The zero-order chi connectivity index (χ0) is 25.5. The van der Waals surface area contributed by atoms with Crippen molar-refractivity contribution in [2.45, 2.75) is 66.2 Å². The molecule has 0 unspecified atom stereocenters. The number of carbonyl (C=O) groups is 2. The largest absolute Gasteiger partial charge is 0.387 e. The van der Waals surface area contributed by atoms with Crippen molar-refractivity contribution >= 4 is 40.8 Å². The fourth-order valence-electron chi connectivity index (χ4n) is 3.40. The molecule has 0 fully saturated rings. The smallest absolute Gasteiger partial charge is 0.322 e. The van der Waals surface area contributed by atoms with Gasteiger partial charge in [-0.1, -0.05) is 75.5 Å². The minimum absolute atomic E-state index is 0.0223. The average Bonchev–Trinajstić information content (AvgIpc) is 2.77. The summed E-state index contributed by atoms with van der Waals surface area (Å²) in [6, 6.07) is 11.9. The number of hydrogen-bond acceptors (Lipinski definition) is 3. The van der Waals surface area contributed by atoms with E-state index in [1.165, 1.54) is 0 Å². The molecule has 0 aliphatic rings. The quantitative estimate of drug-likeness (QED) is 0.366. The van der Waals surface area contributed by atoms with Gasteiger partial charge < -0.3 is 20.6 Å². The maximum atomic E-state index is 13.1. The molecule has 0 aliphatic heterocycles. The lowest BCUT2D eigenvalue weighted by Gasteiger charge is -2.31. The molecule has 6 nitrogen and oxygen atoms in total. The number of hydrogen-bond donors (Lipinski definition) is 3. The van der Waals surface area contributed by atoms with Gasteiger partial charge >= 0.3 is 6.03 Å². The molecular formula is C26H35Cl2N3O3. The third-order valence-corrected chi connectivity index (χ3v) is 6.28. The summed E-state index contributed by atoms with van der Waals surface area (Å²) in [5.74, 6) is -0.0223. The minimum atomic E-state index is -0.909. The number of halogens is 2. The van der Waals surface area contributed by atoms with Crippen LogP contribution in [0.3, 0.4) is 0 Å². The highest BCUT2D eigenvalue weighted by Crippen LogP contribution is 2.27. The van der Waals surface area contributed by atoms with Crippen molar-refractivity contribution in [2.24, 2.45) is 5.41 Å². The van der Waals surface area contributed by atoms with Crippen LogP contribution < -0.4 is 10.6 Å². The van der Waals surface area contributed by atoms with Crippen LogP contribution in [0.4, 0.5) is 10.5 Å².